The number of rotatable bonds is 1. The molecular weight excluding hydrogens is 228 g/mol. The quantitative estimate of drug-likeness (QED) is 0.652. The average Bonchev–Trinajstić information content (AvgIpc) is 2.94. The lowest BCUT2D eigenvalue weighted by molar-refractivity contribution is 0.602. The first-order valence-electron chi connectivity index (χ1n) is 5.47. The number of aromatic nitrogens is 3. The lowest BCUT2D eigenvalue weighted by Crippen LogP contribution is -1.94. The normalized spacial score (nSPS) is 10.7. The average molecular weight is 238 g/mol. The first-order chi connectivity index (χ1) is 8.70. The molecule has 0 amide bonds. The van der Waals surface area contributed by atoms with Gasteiger partial charge in [0.15, 0.2) is 12.0 Å². The second-order valence-electron chi connectivity index (χ2n) is 4.06. The van der Waals surface area contributed by atoms with Gasteiger partial charge in [-0.15, -0.1) is 0 Å². The summed E-state index contributed by atoms with van der Waals surface area (Å²) in [5.74, 6) is 0.805. The summed E-state index contributed by atoms with van der Waals surface area (Å²) in [5, 5.41) is 9.20. The van der Waals surface area contributed by atoms with Crippen LogP contribution in [0.2, 0.25) is 0 Å². The Kier molecular flexibility index (Phi) is 2.17. The highest BCUT2D eigenvalue weighted by Gasteiger charge is 2.14. The molecule has 0 unspecified atom stereocenters. The predicted molar refractivity (Wildman–Crippen MR) is 65.7 cm³/mol. The third kappa shape index (κ3) is 1.39. The Balaban J connectivity index is 2.26. The van der Waals surface area contributed by atoms with E-state index in [1.54, 1.807) is 4.57 Å². The van der Waals surface area contributed by atoms with Gasteiger partial charge in [0.1, 0.15) is 28.8 Å². The summed E-state index contributed by atoms with van der Waals surface area (Å²) >= 11 is 0. The fourth-order valence-corrected chi connectivity index (χ4v) is 1.94. The molecule has 0 saturated carbocycles. The van der Waals surface area contributed by atoms with Crippen LogP contribution in [0.5, 0.6) is 0 Å². The Bertz CT molecular complexity index is 776. The molecule has 0 saturated heterocycles. The summed E-state index contributed by atoms with van der Waals surface area (Å²) in [5.41, 5.74) is 3.58. The van der Waals surface area contributed by atoms with Crippen LogP contribution in [0, 0.1) is 18.3 Å². The number of nitrogens with zero attached hydrogens (tertiary/aromatic N) is 4. The molecule has 3 rings (SSSR count). The molecule has 2 heterocycles. The molecule has 0 atom stereocenters. The molecule has 0 bridgehead atoms. The third-order valence-corrected chi connectivity index (χ3v) is 3.03. The zero-order valence-electron chi connectivity index (χ0n) is 10.0. The number of fused-ring (bicyclic) bond motifs is 1. The van der Waals surface area contributed by atoms with Crippen LogP contribution < -0.4 is 0 Å². The van der Waals surface area contributed by atoms with Crippen LogP contribution in [0.25, 0.3) is 22.4 Å². The van der Waals surface area contributed by atoms with Gasteiger partial charge in [0.05, 0.1) is 0 Å². The topological polar surface area (TPSA) is 67.6 Å². The number of imidazole rings is 1. The van der Waals surface area contributed by atoms with E-state index in [-0.39, 0.29) is 0 Å². The molecule has 3 aromatic rings. The van der Waals surface area contributed by atoms with E-state index in [0.717, 1.165) is 16.9 Å². The van der Waals surface area contributed by atoms with Crippen molar-refractivity contribution in [2.24, 2.45) is 7.05 Å². The number of aryl methyl sites for hydroxylation is 1. The van der Waals surface area contributed by atoms with Crippen molar-refractivity contribution >= 4 is 11.1 Å². The summed E-state index contributed by atoms with van der Waals surface area (Å²) in [4.78, 5) is 8.48. The fraction of sp³-hybridized carbons (Fsp3) is 0.154. The van der Waals surface area contributed by atoms with Gasteiger partial charge in [0.25, 0.3) is 0 Å². The lowest BCUT2D eigenvalue weighted by atomic mass is 10.1. The molecule has 0 aliphatic rings. The molecular formula is C13H10N4O. The summed E-state index contributed by atoms with van der Waals surface area (Å²) in [6.07, 6.45) is 1.41. The lowest BCUT2D eigenvalue weighted by Gasteiger charge is -1.98. The molecule has 0 aliphatic heterocycles. The van der Waals surface area contributed by atoms with Gasteiger partial charge in [-0.2, -0.15) is 5.26 Å². The molecule has 88 valence electrons. The number of oxazole rings is 1. The van der Waals surface area contributed by atoms with E-state index in [1.165, 1.54) is 6.39 Å². The van der Waals surface area contributed by atoms with Crippen molar-refractivity contribution in [2.45, 2.75) is 6.92 Å². The fourth-order valence-electron chi connectivity index (χ4n) is 1.94. The molecule has 18 heavy (non-hydrogen) atoms. The molecule has 5 nitrogen and oxygen atoms in total. The van der Waals surface area contributed by atoms with E-state index in [9.17, 15) is 5.26 Å². The number of hydrogen-bond donors (Lipinski definition) is 0. The second kappa shape index (κ2) is 3.70. The Labute approximate surface area is 103 Å². The van der Waals surface area contributed by atoms with Crippen LogP contribution in [0.1, 0.15) is 11.5 Å². The van der Waals surface area contributed by atoms with Gasteiger partial charge in [0, 0.05) is 12.6 Å². The van der Waals surface area contributed by atoms with Crippen LogP contribution in [-0.4, -0.2) is 14.5 Å². The van der Waals surface area contributed by atoms with Crippen LogP contribution in [0.15, 0.2) is 29.0 Å². The molecule has 1 aromatic carbocycles. The van der Waals surface area contributed by atoms with Gasteiger partial charge in [0.2, 0.25) is 0 Å². The van der Waals surface area contributed by atoms with Crippen molar-refractivity contribution < 1.29 is 4.42 Å². The van der Waals surface area contributed by atoms with Gasteiger partial charge in [-0.05, 0) is 19.1 Å². The minimum absolute atomic E-state index is 0.548. The number of nitriles is 1. The minimum Gasteiger partial charge on any atom is -0.443 e. The SMILES string of the molecule is Cc1nc(-c2ccc3ncoc3c2)c(C#N)n1C. The Morgan fingerprint density at radius 3 is 3.00 bits per heavy atom. The third-order valence-electron chi connectivity index (χ3n) is 3.03. The summed E-state index contributed by atoms with van der Waals surface area (Å²) in [7, 11) is 1.83. The Morgan fingerprint density at radius 1 is 1.39 bits per heavy atom. The Morgan fingerprint density at radius 2 is 2.22 bits per heavy atom. The van der Waals surface area contributed by atoms with Crippen LogP contribution >= 0.6 is 0 Å². The first kappa shape index (κ1) is 10.5. The standard InChI is InChI=1S/C13H10N4O/c1-8-16-13(11(6-14)17(8)2)9-3-4-10-12(5-9)18-7-15-10/h3-5,7H,1-2H3. The Hall–Kier alpha value is -2.61. The molecule has 0 radical (unpaired) electrons. The zero-order chi connectivity index (χ0) is 12.7. The number of hydrogen-bond acceptors (Lipinski definition) is 4. The van der Waals surface area contributed by atoms with E-state index in [2.05, 4.69) is 16.0 Å². The summed E-state index contributed by atoms with van der Waals surface area (Å²) in [6, 6.07) is 7.79. The number of benzene rings is 1. The van der Waals surface area contributed by atoms with Gasteiger partial charge in [-0.1, -0.05) is 6.07 Å². The first-order valence-corrected chi connectivity index (χ1v) is 5.47. The van der Waals surface area contributed by atoms with E-state index in [1.807, 2.05) is 32.2 Å². The highest BCUT2D eigenvalue weighted by atomic mass is 16.3. The zero-order valence-corrected chi connectivity index (χ0v) is 10.0. The highest BCUT2D eigenvalue weighted by Crippen LogP contribution is 2.26. The molecule has 0 fully saturated rings. The highest BCUT2D eigenvalue weighted by molar-refractivity contribution is 5.80. The molecule has 0 spiro atoms. The molecule has 0 aliphatic carbocycles. The molecule has 0 N–H and O–H groups in total. The van der Waals surface area contributed by atoms with E-state index >= 15 is 0 Å². The monoisotopic (exact) mass is 238 g/mol. The van der Waals surface area contributed by atoms with Gasteiger partial charge in [-0.25, -0.2) is 9.97 Å². The second-order valence-corrected chi connectivity index (χ2v) is 4.06. The van der Waals surface area contributed by atoms with Crippen molar-refractivity contribution in [3.05, 3.63) is 36.1 Å². The van der Waals surface area contributed by atoms with Gasteiger partial charge >= 0.3 is 0 Å². The molecule has 5 heteroatoms. The van der Waals surface area contributed by atoms with Crippen molar-refractivity contribution in [3.63, 3.8) is 0 Å². The summed E-state index contributed by atoms with van der Waals surface area (Å²) in [6.45, 7) is 1.87. The van der Waals surface area contributed by atoms with Crippen LogP contribution in [0.4, 0.5) is 0 Å². The summed E-state index contributed by atoms with van der Waals surface area (Å²) < 4.78 is 7.04. The maximum Gasteiger partial charge on any atom is 0.181 e. The van der Waals surface area contributed by atoms with Crippen molar-refractivity contribution in [3.8, 4) is 17.3 Å². The predicted octanol–water partition coefficient (Wildman–Crippen LogP) is 2.41. The van der Waals surface area contributed by atoms with Crippen molar-refractivity contribution in [2.75, 3.05) is 0 Å². The van der Waals surface area contributed by atoms with Crippen molar-refractivity contribution in [1.82, 2.24) is 14.5 Å². The van der Waals surface area contributed by atoms with Crippen LogP contribution in [0.3, 0.4) is 0 Å². The minimum atomic E-state index is 0.548. The van der Waals surface area contributed by atoms with Crippen molar-refractivity contribution in [1.29, 1.82) is 5.26 Å². The largest absolute Gasteiger partial charge is 0.443 e. The van der Waals surface area contributed by atoms with E-state index in [0.29, 0.717) is 17.0 Å². The maximum atomic E-state index is 9.20. The van der Waals surface area contributed by atoms with E-state index < -0.39 is 0 Å². The maximum absolute atomic E-state index is 9.20. The molecule has 2 aromatic heterocycles. The van der Waals surface area contributed by atoms with E-state index in [4.69, 9.17) is 4.42 Å². The smallest absolute Gasteiger partial charge is 0.181 e. The van der Waals surface area contributed by atoms with Crippen LogP contribution in [-0.2, 0) is 7.05 Å². The van der Waals surface area contributed by atoms with Gasteiger partial charge < -0.3 is 8.98 Å². The van der Waals surface area contributed by atoms with Gasteiger partial charge in [-0.3, -0.25) is 0 Å².